The third-order valence-corrected chi connectivity index (χ3v) is 4.73. The molecule has 0 spiro atoms. The highest BCUT2D eigenvalue weighted by atomic mass is 19.4. The minimum Gasteiger partial charge on any atom is -0.475 e. The quantitative estimate of drug-likeness (QED) is 0.636. The van der Waals surface area contributed by atoms with E-state index in [-0.39, 0.29) is 18.1 Å². The van der Waals surface area contributed by atoms with Gasteiger partial charge in [0, 0.05) is 26.0 Å². The number of furan rings is 1. The second-order valence-corrected chi connectivity index (χ2v) is 7.04. The Bertz CT molecular complexity index is 872. The molecule has 2 aromatic rings. The first-order valence-corrected chi connectivity index (χ1v) is 9.80. The lowest BCUT2D eigenvalue weighted by Gasteiger charge is -2.27. The summed E-state index contributed by atoms with van der Waals surface area (Å²) in [6.45, 7) is 3.56. The summed E-state index contributed by atoms with van der Waals surface area (Å²) in [5.41, 5.74) is 1.09. The van der Waals surface area contributed by atoms with Crippen LogP contribution in [0, 0.1) is 6.92 Å². The molecule has 32 heavy (non-hydrogen) atoms. The largest absolute Gasteiger partial charge is 0.490 e. The van der Waals surface area contributed by atoms with Gasteiger partial charge in [-0.1, -0.05) is 6.07 Å². The van der Waals surface area contributed by atoms with Crippen molar-refractivity contribution in [3.8, 4) is 0 Å². The van der Waals surface area contributed by atoms with Gasteiger partial charge in [0.25, 0.3) is 5.91 Å². The van der Waals surface area contributed by atoms with Crippen LogP contribution in [0.4, 0.5) is 13.2 Å². The summed E-state index contributed by atoms with van der Waals surface area (Å²) in [5.74, 6) is -1.72. The molecule has 2 atom stereocenters. The summed E-state index contributed by atoms with van der Waals surface area (Å²) >= 11 is 0. The number of amides is 1. The molecule has 0 bridgehead atoms. The van der Waals surface area contributed by atoms with E-state index in [1.54, 1.807) is 19.4 Å². The fourth-order valence-electron chi connectivity index (χ4n) is 3.25. The van der Waals surface area contributed by atoms with Crippen LogP contribution in [0.5, 0.6) is 0 Å². The van der Waals surface area contributed by atoms with E-state index in [0.717, 1.165) is 17.7 Å². The molecule has 1 aliphatic heterocycles. The van der Waals surface area contributed by atoms with E-state index in [0.29, 0.717) is 31.9 Å². The molecule has 8 nitrogen and oxygen atoms in total. The van der Waals surface area contributed by atoms with Gasteiger partial charge in [-0.15, -0.1) is 0 Å². The summed E-state index contributed by atoms with van der Waals surface area (Å²) in [5, 5.41) is 7.12. The summed E-state index contributed by atoms with van der Waals surface area (Å²) in [4.78, 5) is 27.8. The summed E-state index contributed by atoms with van der Waals surface area (Å²) < 4.78 is 48.3. The number of pyridine rings is 1. The average Bonchev–Trinajstić information content (AvgIpc) is 3.35. The molecule has 0 radical (unpaired) electrons. The van der Waals surface area contributed by atoms with Crippen molar-refractivity contribution in [2.75, 3.05) is 26.9 Å². The maximum absolute atomic E-state index is 12.9. The van der Waals surface area contributed by atoms with Crippen LogP contribution in [-0.4, -0.2) is 72.1 Å². The lowest BCUT2D eigenvalue weighted by Crippen LogP contribution is -2.42. The third kappa shape index (κ3) is 7.34. The first-order valence-electron chi connectivity index (χ1n) is 9.80. The number of alkyl halides is 3. The number of carbonyl (C=O) groups is 2. The van der Waals surface area contributed by atoms with Crippen molar-refractivity contribution in [1.29, 1.82) is 0 Å². The number of hydrogen-bond acceptors (Lipinski definition) is 6. The first-order chi connectivity index (χ1) is 15.1. The number of halogens is 3. The molecule has 3 rings (SSSR count). The van der Waals surface area contributed by atoms with Crippen molar-refractivity contribution in [3.05, 3.63) is 53.7 Å². The van der Waals surface area contributed by atoms with Gasteiger partial charge >= 0.3 is 12.1 Å². The minimum absolute atomic E-state index is 0.0182. The molecule has 1 N–H and O–H groups in total. The zero-order chi connectivity index (χ0) is 23.7. The average molecular weight is 458 g/mol. The monoisotopic (exact) mass is 458 g/mol. The van der Waals surface area contributed by atoms with Crippen LogP contribution in [0.2, 0.25) is 0 Å². The van der Waals surface area contributed by atoms with Crippen LogP contribution >= 0.6 is 0 Å². The molecule has 176 valence electrons. The highest BCUT2D eigenvalue weighted by Crippen LogP contribution is 2.26. The fraction of sp³-hybridized carbons (Fsp3) is 0.476. The van der Waals surface area contributed by atoms with Crippen LogP contribution in [0.1, 0.15) is 28.3 Å². The van der Waals surface area contributed by atoms with E-state index in [4.69, 9.17) is 23.8 Å². The van der Waals surface area contributed by atoms with Crippen molar-refractivity contribution in [1.82, 2.24) is 9.88 Å². The molecule has 1 fully saturated rings. The Labute approximate surface area is 182 Å². The maximum Gasteiger partial charge on any atom is 0.490 e. The normalized spacial score (nSPS) is 18.2. The number of carbonyl (C=O) groups excluding carboxylic acids is 1. The Morgan fingerprint density at radius 1 is 1.28 bits per heavy atom. The van der Waals surface area contributed by atoms with Crippen molar-refractivity contribution in [3.63, 3.8) is 0 Å². The van der Waals surface area contributed by atoms with Crippen molar-refractivity contribution < 1.29 is 41.8 Å². The third-order valence-electron chi connectivity index (χ3n) is 4.73. The number of ether oxygens (including phenoxy) is 2. The topological polar surface area (TPSA) is 102 Å². The Morgan fingerprint density at radius 2 is 2.00 bits per heavy atom. The van der Waals surface area contributed by atoms with Gasteiger partial charge < -0.3 is 23.9 Å². The van der Waals surface area contributed by atoms with Gasteiger partial charge in [0.1, 0.15) is 5.76 Å². The molecule has 11 heteroatoms. The SMILES string of the molecule is COCCO[C@@H]1CCN(C(=O)c2ccc(C)o2)[C@@H]1Cc1cccnc1.O=C(O)C(F)(F)F. The lowest BCUT2D eigenvalue weighted by molar-refractivity contribution is -0.192. The fourth-order valence-corrected chi connectivity index (χ4v) is 3.25. The van der Waals surface area contributed by atoms with Gasteiger partial charge in [0.05, 0.1) is 25.4 Å². The highest BCUT2D eigenvalue weighted by Gasteiger charge is 2.39. The molecule has 1 amide bonds. The van der Waals surface area contributed by atoms with Crippen LogP contribution in [-0.2, 0) is 20.7 Å². The van der Waals surface area contributed by atoms with E-state index in [1.807, 2.05) is 36.2 Å². The second kappa shape index (κ2) is 11.6. The maximum atomic E-state index is 12.9. The first kappa shape index (κ1) is 25.3. The van der Waals surface area contributed by atoms with Gasteiger partial charge in [-0.2, -0.15) is 13.2 Å². The molecule has 2 aromatic heterocycles. The van der Waals surface area contributed by atoms with Gasteiger partial charge in [-0.25, -0.2) is 4.79 Å². The van der Waals surface area contributed by atoms with Crippen LogP contribution < -0.4 is 0 Å². The summed E-state index contributed by atoms with van der Waals surface area (Å²) in [6, 6.07) is 7.44. The predicted octanol–water partition coefficient (Wildman–Crippen LogP) is 3.11. The number of carboxylic acids is 1. The molecule has 0 aliphatic carbocycles. The standard InChI is InChI=1S/C19H24N2O4.C2HF3O2/c1-14-5-6-18(25-14)19(22)21-9-7-17(24-11-10-23-2)16(21)12-15-4-3-8-20-13-15;3-2(4,5)1(6)7/h3-6,8,13,16-17H,7,9-12H2,1-2H3;(H,6,7)/t16-,17-;/m1./s1. The van der Waals surface area contributed by atoms with Gasteiger partial charge in [-0.05, 0) is 43.5 Å². The van der Waals surface area contributed by atoms with Crippen molar-refractivity contribution in [2.45, 2.75) is 38.1 Å². The lowest BCUT2D eigenvalue weighted by atomic mass is 10.0. The number of aliphatic carboxylic acids is 1. The van der Waals surface area contributed by atoms with Crippen LogP contribution in [0.3, 0.4) is 0 Å². The van der Waals surface area contributed by atoms with Crippen molar-refractivity contribution >= 4 is 11.9 Å². The van der Waals surface area contributed by atoms with E-state index < -0.39 is 12.1 Å². The van der Waals surface area contributed by atoms with Gasteiger partial charge in [0.15, 0.2) is 5.76 Å². The Morgan fingerprint density at radius 3 is 2.53 bits per heavy atom. The molecule has 0 unspecified atom stereocenters. The number of nitrogens with zero attached hydrogens (tertiary/aromatic N) is 2. The summed E-state index contributed by atoms with van der Waals surface area (Å²) in [7, 11) is 1.65. The molecular formula is C21H25F3N2O6. The van der Waals surface area contributed by atoms with Gasteiger partial charge in [0.2, 0.25) is 0 Å². The molecule has 3 heterocycles. The van der Waals surface area contributed by atoms with Crippen LogP contribution in [0.25, 0.3) is 0 Å². The van der Waals surface area contributed by atoms with E-state index >= 15 is 0 Å². The smallest absolute Gasteiger partial charge is 0.475 e. The Hall–Kier alpha value is -2.92. The van der Waals surface area contributed by atoms with E-state index in [2.05, 4.69) is 4.98 Å². The second-order valence-electron chi connectivity index (χ2n) is 7.04. The minimum atomic E-state index is -5.08. The zero-order valence-corrected chi connectivity index (χ0v) is 17.7. The number of likely N-dealkylation sites (tertiary alicyclic amines) is 1. The molecule has 0 saturated carbocycles. The van der Waals surface area contributed by atoms with E-state index in [9.17, 15) is 18.0 Å². The number of hydrogen-bond donors (Lipinski definition) is 1. The number of carboxylic acid groups (broad SMARTS) is 1. The number of aromatic nitrogens is 1. The predicted molar refractivity (Wildman–Crippen MR) is 106 cm³/mol. The zero-order valence-electron chi connectivity index (χ0n) is 17.7. The molecule has 0 aromatic carbocycles. The molecular weight excluding hydrogens is 433 g/mol. The number of methoxy groups -OCH3 is 1. The van der Waals surface area contributed by atoms with E-state index in [1.165, 1.54) is 0 Å². The number of rotatable bonds is 7. The van der Waals surface area contributed by atoms with Crippen LogP contribution in [0.15, 0.2) is 41.1 Å². The highest BCUT2D eigenvalue weighted by molar-refractivity contribution is 5.92. The van der Waals surface area contributed by atoms with Gasteiger partial charge in [-0.3, -0.25) is 9.78 Å². The number of aryl methyl sites for hydroxylation is 1. The molecule has 1 saturated heterocycles. The Kier molecular flexibility index (Phi) is 9.21. The Balaban J connectivity index is 0.000000451. The molecule has 1 aliphatic rings. The summed E-state index contributed by atoms with van der Waals surface area (Å²) in [6.07, 6.45) is -0.00381. The van der Waals surface area contributed by atoms with Crippen molar-refractivity contribution in [2.24, 2.45) is 0 Å².